The summed E-state index contributed by atoms with van der Waals surface area (Å²) in [7, 11) is -2.08. The Balaban J connectivity index is 1.97. The molecule has 1 aliphatic heterocycles. The molecule has 1 fully saturated rings. The van der Waals surface area contributed by atoms with Crippen LogP contribution in [0.25, 0.3) is 0 Å². The second-order valence-electron chi connectivity index (χ2n) is 7.52. The number of carbonyl (C=O) groups excluding carboxylic acids is 3. The van der Waals surface area contributed by atoms with E-state index >= 15 is 0 Å². The van der Waals surface area contributed by atoms with E-state index in [-0.39, 0.29) is 29.8 Å². The zero-order valence-electron chi connectivity index (χ0n) is 18.9. The lowest BCUT2D eigenvalue weighted by molar-refractivity contribution is -0.152. The first-order chi connectivity index (χ1) is 15.1. The van der Waals surface area contributed by atoms with Crippen molar-refractivity contribution in [2.24, 2.45) is 5.92 Å². The number of rotatable bonds is 11. The first-order valence-electron chi connectivity index (χ1n) is 10.5. The maximum atomic E-state index is 12.6. The Kier molecular flexibility index (Phi) is 9.17. The number of hydrogen-bond donors (Lipinski definition) is 1. The van der Waals surface area contributed by atoms with Crippen LogP contribution in [0.15, 0.2) is 29.2 Å². The maximum absolute atomic E-state index is 12.6. The Labute approximate surface area is 188 Å². The molecule has 2 amide bonds. The van der Waals surface area contributed by atoms with Crippen molar-refractivity contribution < 1.29 is 32.3 Å². The summed E-state index contributed by atoms with van der Waals surface area (Å²) in [5.74, 6) is -2.06. The van der Waals surface area contributed by atoms with Gasteiger partial charge >= 0.3 is 5.97 Å². The fourth-order valence-electron chi connectivity index (χ4n) is 3.49. The van der Waals surface area contributed by atoms with E-state index in [1.54, 1.807) is 32.9 Å². The molecule has 0 saturated carbocycles. The molecule has 0 aliphatic carbocycles. The monoisotopic (exact) mass is 469 g/mol. The van der Waals surface area contributed by atoms with E-state index < -0.39 is 34.4 Å². The van der Waals surface area contributed by atoms with Crippen LogP contribution in [0.2, 0.25) is 0 Å². The van der Waals surface area contributed by atoms with Gasteiger partial charge in [-0.2, -0.15) is 4.31 Å². The average molecular weight is 470 g/mol. The Hall–Kier alpha value is -2.50. The molecule has 1 heterocycles. The van der Waals surface area contributed by atoms with E-state index in [2.05, 4.69) is 5.32 Å². The molecule has 2 unspecified atom stereocenters. The van der Waals surface area contributed by atoms with Crippen LogP contribution in [0.5, 0.6) is 0 Å². The standard InChI is InChI=1S/C21H31N3O7S/c1-5-23(6-2)32(28,29)18-9-7-17(8-10-18)24-12-16(11-20(24)26)21(27)31-14-19(25)22-15(3)13-30-4/h7-10,15-16H,5-6,11-14H2,1-4H3,(H,22,25). The number of hydrogen-bond acceptors (Lipinski definition) is 7. The zero-order valence-corrected chi connectivity index (χ0v) is 19.7. The van der Waals surface area contributed by atoms with Gasteiger partial charge in [0.1, 0.15) is 0 Å². The summed E-state index contributed by atoms with van der Waals surface area (Å²) in [6.07, 6.45) is -0.0416. The lowest BCUT2D eigenvalue weighted by Crippen LogP contribution is -2.38. The van der Waals surface area contributed by atoms with Gasteiger partial charge in [-0.15, -0.1) is 0 Å². The van der Waals surface area contributed by atoms with E-state index in [1.807, 2.05) is 0 Å². The molecule has 0 spiro atoms. The molecule has 1 saturated heterocycles. The molecule has 0 radical (unpaired) electrons. The highest BCUT2D eigenvalue weighted by Crippen LogP contribution is 2.27. The van der Waals surface area contributed by atoms with Crippen LogP contribution in [0.4, 0.5) is 5.69 Å². The molecule has 1 N–H and O–H groups in total. The van der Waals surface area contributed by atoms with Gasteiger partial charge in [-0.25, -0.2) is 8.42 Å². The Morgan fingerprint density at radius 1 is 1.22 bits per heavy atom. The molecular formula is C21H31N3O7S. The normalized spacial score (nSPS) is 17.5. The number of nitrogens with zero attached hydrogens (tertiary/aromatic N) is 2. The Bertz CT molecular complexity index is 914. The summed E-state index contributed by atoms with van der Waals surface area (Å²) in [4.78, 5) is 38.1. The predicted molar refractivity (Wildman–Crippen MR) is 117 cm³/mol. The smallest absolute Gasteiger partial charge is 0.311 e. The van der Waals surface area contributed by atoms with Crippen LogP contribution in [-0.2, 0) is 33.9 Å². The number of esters is 1. The summed E-state index contributed by atoms with van der Waals surface area (Å²) in [6, 6.07) is 5.78. The van der Waals surface area contributed by atoms with Gasteiger partial charge in [-0.05, 0) is 31.2 Å². The number of nitrogens with one attached hydrogen (secondary N) is 1. The number of ether oxygens (including phenoxy) is 2. The van der Waals surface area contributed by atoms with Gasteiger partial charge in [-0.1, -0.05) is 13.8 Å². The summed E-state index contributed by atoms with van der Waals surface area (Å²) in [5, 5.41) is 2.63. The van der Waals surface area contributed by atoms with Crippen molar-refractivity contribution in [3.63, 3.8) is 0 Å². The highest BCUT2D eigenvalue weighted by atomic mass is 32.2. The summed E-state index contributed by atoms with van der Waals surface area (Å²) < 4.78 is 36.5. The lowest BCUT2D eigenvalue weighted by atomic mass is 10.1. The highest BCUT2D eigenvalue weighted by molar-refractivity contribution is 7.89. The molecule has 1 aromatic carbocycles. The van der Waals surface area contributed by atoms with Crippen molar-refractivity contribution in [2.45, 2.75) is 38.1 Å². The van der Waals surface area contributed by atoms with Crippen molar-refractivity contribution in [1.82, 2.24) is 9.62 Å². The maximum Gasteiger partial charge on any atom is 0.311 e. The molecule has 32 heavy (non-hydrogen) atoms. The highest BCUT2D eigenvalue weighted by Gasteiger charge is 2.36. The van der Waals surface area contributed by atoms with Crippen LogP contribution in [0.1, 0.15) is 27.2 Å². The third-order valence-electron chi connectivity index (χ3n) is 5.12. The van der Waals surface area contributed by atoms with Crippen molar-refractivity contribution in [3.05, 3.63) is 24.3 Å². The second kappa shape index (κ2) is 11.4. The van der Waals surface area contributed by atoms with Gasteiger partial charge in [0.15, 0.2) is 6.61 Å². The summed E-state index contributed by atoms with van der Waals surface area (Å²) in [6.45, 7) is 6.01. The van der Waals surface area contributed by atoms with Gasteiger partial charge in [0, 0.05) is 44.9 Å². The molecule has 0 bridgehead atoms. The van der Waals surface area contributed by atoms with Crippen molar-refractivity contribution in [3.8, 4) is 0 Å². The first kappa shape index (κ1) is 25.8. The van der Waals surface area contributed by atoms with Gasteiger partial charge in [0.2, 0.25) is 15.9 Å². The van der Waals surface area contributed by atoms with E-state index in [1.165, 1.54) is 28.4 Å². The Morgan fingerprint density at radius 2 is 1.84 bits per heavy atom. The number of sulfonamides is 1. The second-order valence-corrected chi connectivity index (χ2v) is 9.46. The van der Waals surface area contributed by atoms with Crippen molar-refractivity contribution in [2.75, 3.05) is 44.9 Å². The van der Waals surface area contributed by atoms with Crippen LogP contribution < -0.4 is 10.2 Å². The number of benzene rings is 1. The minimum Gasteiger partial charge on any atom is -0.455 e. The summed E-state index contributed by atoms with van der Waals surface area (Å²) >= 11 is 0. The Morgan fingerprint density at radius 3 is 2.41 bits per heavy atom. The third kappa shape index (κ3) is 6.27. The van der Waals surface area contributed by atoms with E-state index in [0.717, 1.165) is 0 Å². The van der Waals surface area contributed by atoms with E-state index in [9.17, 15) is 22.8 Å². The van der Waals surface area contributed by atoms with Crippen LogP contribution in [0.3, 0.4) is 0 Å². The number of anilines is 1. The van der Waals surface area contributed by atoms with Gasteiger partial charge in [0.05, 0.1) is 17.4 Å². The molecule has 10 nitrogen and oxygen atoms in total. The molecule has 1 aliphatic rings. The zero-order chi connectivity index (χ0) is 23.9. The quantitative estimate of drug-likeness (QED) is 0.475. The molecule has 11 heteroatoms. The van der Waals surface area contributed by atoms with E-state index in [0.29, 0.717) is 25.4 Å². The van der Waals surface area contributed by atoms with Crippen LogP contribution in [0, 0.1) is 5.92 Å². The van der Waals surface area contributed by atoms with Gasteiger partial charge in [-0.3, -0.25) is 14.4 Å². The lowest BCUT2D eigenvalue weighted by Gasteiger charge is -2.20. The largest absolute Gasteiger partial charge is 0.455 e. The predicted octanol–water partition coefficient (Wildman–Crippen LogP) is 0.764. The molecule has 1 aromatic rings. The van der Waals surface area contributed by atoms with Gasteiger partial charge < -0.3 is 19.7 Å². The molecule has 2 atom stereocenters. The van der Waals surface area contributed by atoms with E-state index in [4.69, 9.17) is 9.47 Å². The molecule has 178 valence electrons. The number of carbonyl (C=O) groups is 3. The molecule has 0 aromatic heterocycles. The van der Waals surface area contributed by atoms with Crippen LogP contribution >= 0.6 is 0 Å². The SMILES string of the molecule is CCN(CC)S(=O)(=O)c1ccc(N2CC(C(=O)OCC(=O)NC(C)COC)CC2=O)cc1. The fraction of sp³-hybridized carbons (Fsp3) is 0.571. The van der Waals surface area contributed by atoms with Crippen molar-refractivity contribution in [1.29, 1.82) is 0 Å². The van der Waals surface area contributed by atoms with Gasteiger partial charge in [0.25, 0.3) is 5.91 Å². The molecular weight excluding hydrogens is 438 g/mol. The fourth-order valence-corrected chi connectivity index (χ4v) is 4.95. The first-order valence-corrected chi connectivity index (χ1v) is 11.9. The number of methoxy groups -OCH3 is 1. The molecule has 2 rings (SSSR count). The van der Waals surface area contributed by atoms with Crippen molar-refractivity contribution >= 4 is 33.5 Å². The minimum atomic E-state index is -3.60. The third-order valence-corrected chi connectivity index (χ3v) is 7.18. The number of amides is 2. The topological polar surface area (TPSA) is 122 Å². The van der Waals surface area contributed by atoms with Crippen LogP contribution in [-0.4, -0.2) is 76.5 Å². The minimum absolute atomic E-state index is 0.0416. The average Bonchev–Trinajstić information content (AvgIpc) is 3.14. The summed E-state index contributed by atoms with van der Waals surface area (Å²) in [5.41, 5.74) is 0.495.